The van der Waals surface area contributed by atoms with Crippen LogP contribution in [0.5, 0.6) is 0 Å². The number of hydrogen-bond donors (Lipinski definition) is 3. The summed E-state index contributed by atoms with van der Waals surface area (Å²) in [7, 11) is 3.56. The van der Waals surface area contributed by atoms with Gasteiger partial charge in [-0.15, -0.1) is 10.2 Å². The number of rotatable bonds is 5. The third-order valence-electron chi connectivity index (χ3n) is 1.83. The van der Waals surface area contributed by atoms with Gasteiger partial charge in [0, 0.05) is 20.1 Å². The SMILES string of the molecule is CNCCN(C)C(=O)NCc1nn[nH]n1. The van der Waals surface area contributed by atoms with Gasteiger partial charge in [0.25, 0.3) is 0 Å². The lowest BCUT2D eigenvalue weighted by Crippen LogP contribution is -2.40. The molecule has 1 aromatic heterocycles. The van der Waals surface area contributed by atoms with E-state index in [1.54, 1.807) is 11.9 Å². The van der Waals surface area contributed by atoms with Crippen molar-refractivity contribution in [1.82, 2.24) is 36.2 Å². The van der Waals surface area contributed by atoms with Crippen molar-refractivity contribution in [2.45, 2.75) is 6.54 Å². The Labute approximate surface area is 87.4 Å². The molecule has 8 nitrogen and oxygen atoms in total. The van der Waals surface area contributed by atoms with Crippen LogP contribution >= 0.6 is 0 Å². The highest BCUT2D eigenvalue weighted by atomic mass is 16.2. The lowest BCUT2D eigenvalue weighted by molar-refractivity contribution is 0.208. The summed E-state index contributed by atoms with van der Waals surface area (Å²) in [6.07, 6.45) is 0. The smallest absolute Gasteiger partial charge is 0.317 e. The summed E-state index contributed by atoms with van der Waals surface area (Å²) in [5, 5.41) is 18.8. The fraction of sp³-hybridized carbons (Fsp3) is 0.714. The molecule has 0 saturated heterocycles. The van der Waals surface area contributed by atoms with Crippen molar-refractivity contribution in [3.8, 4) is 0 Å². The van der Waals surface area contributed by atoms with Gasteiger partial charge in [0.15, 0.2) is 5.82 Å². The van der Waals surface area contributed by atoms with Crippen molar-refractivity contribution in [3.63, 3.8) is 0 Å². The highest BCUT2D eigenvalue weighted by Crippen LogP contribution is 1.86. The molecule has 0 bridgehead atoms. The number of amides is 2. The number of carbonyl (C=O) groups excluding carboxylic acids is 1. The molecule has 0 radical (unpaired) electrons. The second kappa shape index (κ2) is 5.91. The number of H-pyrrole nitrogens is 1. The molecular weight excluding hydrogens is 198 g/mol. The van der Waals surface area contributed by atoms with Crippen LogP contribution in [0.4, 0.5) is 4.79 Å². The average molecular weight is 213 g/mol. The van der Waals surface area contributed by atoms with E-state index in [9.17, 15) is 4.79 Å². The van der Waals surface area contributed by atoms with Crippen molar-refractivity contribution >= 4 is 6.03 Å². The Morgan fingerprint density at radius 3 is 3.00 bits per heavy atom. The summed E-state index contributed by atoms with van der Waals surface area (Å²) in [5.41, 5.74) is 0. The maximum absolute atomic E-state index is 11.4. The quantitative estimate of drug-likeness (QED) is 0.556. The van der Waals surface area contributed by atoms with E-state index in [0.717, 1.165) is 6.54 Å². The van der Waals surface area contributed by atoms with Crippen molar-refractivity contribution in [2.24, 2.45) is 0 Å². The number of nitrogens with zero attached hydrogens (tertiary/aromatic N) is 4. The Kier molecular flexibility index (Phi) is 4.48. The third kappa shape index (κ3) is 3.90. The minimum atomic E-state index is -0.157. The number of likely N-dealkylation sites (N-methyl/N-ethyl adjacent to an activating group) is 2. The predicted molar refractivity (Wildman–Crippen MR) is 53.0 cm³/mol. The lowest BCUT2D eigenvalue weighted by Gasteiger charge is -2.16. The van der Waals surface area contributed by atoms with Crippen LogP contribution in [-0.4, -0.2) is 58.7 Å². The number of urea groups is 1. The molecule has 15 heavy (non-hydrogen) atoms. The molecule has 0 unspecified atom stereocenters. The zero-order chi connectivity index (χ0) is 11.1. The molecule has 0 spiro atoms. The van der Waals surface area contributed by atoms with Crippen LogP contribution in [0, 0.1) is 0 Å². The second-order valence-electron chi connectivity index (χ2n) is 3.01. The van der Waals surface area contributed by atoms with Crippen LogP contribution in [0.3, 0.4) is 0 Å². The number of carbonyl (C=O) groups is 1. The Bertz CT molecular complexity index is 286. The number of nitrogens with one attached hydrogen (secondary N) is 3. The monoisotopic (exact) mass is 213 g/mol. The maximum Gasteiger partial charge on any atom is 0.317 e. The van der Waals surface area contributed by atoms with Gasteiger partial charge in [0.05, 0.1) is 6.54 Å². The molecular formula is C7H15N7O. The number of hydrogen-bond acceptors (Lipinski definition) is 5. The van der Waals surface area contributed by atoms with Crippen molar-refractivity contribution in [1.29, 1.82) is 0 Å². The molecule has 0 aliphatic heterocycles. The summed E-state index contributed by atoms with van der Waals surface area (Å²) in [5.74, 6) is 0.463. The molecule has 1 heterocycles. The highest BCUT2D eigenvalue weighted by molar-refractivity contribution is 5.73. The molecule has 0 aliphatic carbocycles. The molecule has 0 saturated carbocycles. The largest absolute Gasteiger partial charge is 0.331 e. The Morgan fingerprint density at radius 2 is 2.40 bits per heavy atom. The second-order valence-corrected chi connectivity index (χ2v) is 3.01. The fourth-order valence-corrected chi connectivity index (χ4v) is 0.928. The first-order valence-electron chi connectivity index (χ1n) is 4.60. The summed E-state index contributed by atoms with van der Waals surface area (Å²) >= 11 is 0. The first-order chi connectivity index (χ1) is 7.24. The van der Waals surface area contributed by atoms with Crippen LogP contribution in [-0.2, 0) is 6.54 Å². The molecule has 1 rings (SSSR count). The molecule has 8 heteroatoms. The van der Waals surface area contributed by atoms with Crippen LogP contribution in [0.25, 0.3) is 0 Å². The summed E-state index contributed by atoms with van der Waals surface area (Å²) in [6.45, 7) is 1.68. The van der Waals surface area contributed by atoms with Gasteiger partial charge in [0.1, 0.15) is 0 Å². The zero-order valence-electron chi connectivity index (χ0n) is 8.82. The van der Waals surface area contributed by atoms with Gasteiger partial charge in [-0.1, -0.05) is 5.21 Å². The van der Waals surface area contributed by atoms with E-state index >= 15 is 0 Å². The van der Waals surface area contributed by atoms with Crippen molar-refractivity contribution < 1.29 is 4.79 Å². The summed E-state index contributed by atoms with van der Waals surface area (Å²) in [4.78, 5) is 13.0. The molecule has 3 N–H and O–H groups in total. The molecule has 2 amide bonds. The van der Waals surface area contributed by atoms with E-state index in [1.807, 2.05) is 7.05 Å². The highest BCUT2D eigenvalue weighted by Gasteiger charge is 2.07. The molecule has 84 valence electrons. The zero-order valence-corrected chi connectivity index (χ0v) is 8.82. The summed E-state index contributed by atoms with van der Waals surface area (Å²) < 4.78 is 0. The lowest BCUT2D eigenvalue weighted by atomic mass is 10.5. The van der Waals surface area contributed by atoms with Crippen LogP contribution in [0.15, 0.2) is 0 Å². The molecule has 0 aliphatic rings. The fourth-order valence-electron chi connectivity index (χ4n) is 0.928. The Hall–Kier alpha value is -1.70. The van der Waals surface area contributed by atoms with Gasteiger partial charge in [-0.3, -0.25) is 0 Å². The molecule has 0 atom stereocenters. The van der Waals surface area contributed by atoms with Crippen LogP contribution < -0.4 is 10.6 Å². The van der Waals surface area contributed by atoms with E-state index in [0.29, 0.717) is 12.4 Å². The van der Waals surface area contributed by atoms with Gasteiger partial charge in [-0.2, -0.15) is 5.21 Å². The number of aromatic amines is 1. The van der Waals surface area contributed by atoms with Crippen molar-refractivity contribution in [3.05, 3.63) is 5.82 Å². The van der Waals surface area contributed by atoms with E-state index in [4.69, 9.17) is 0 Å². The van der Waals surface area contributed by atoms with E-state index in [-0.39, 0.29) is 12.6 Å². The van der Waals surface area contributed by atoms with Gasteiger partial charge in [0.2, 0.25) is 0 Å². The first kappa shape index (κ1) is 11.4. The van der Waals surface area contributed by atoms with E-state index < -0.39 is 0 Å². The molecule has 0 fully saturated rings. The van der Waals surface area contributed by atoms with Gasteiger partial charge in [-0.25, -0.2) is 4.79 Å². The molecule has 0 aromatic carbocycles. The van der Waals surface area contributed by atoms with Gasteiger partial charge in [-0.05, 0) is 7.05 Å². The van der Waals surface area contributed by atoms with E-state index in [2.05, 4.69) is 31.3 Å². The van der Waals surface area contributed by atoms with Crippen molar-refractivity contribution in [2.75, 3.05) is 27.2 Å². The minimum absolute atomic E-state index is 0.157. The summed E-state index contributed by atoms with van der Waals surface area (Å²) in [6, 6.07) is -0.157. The average Bonchev–Trinajstić information content (AvgIpc) is 2.75. The maximum atomic E-state index is 11.4. The topological polar surface area (TPSA) is 98.8 Å². The van der Waals surface area contributed by atoms with Crippen LogP contribution in [0.2, 0.25) is 0 Å². The van der Waals surface area contributed by atoms with E-state index in [1.165, 1.54) is 0 Å². The third-order valence-corrected chi connectivity index (χ3v) is 1.83. The number of tetrazole rings is 1. The number of aromatic nitrogens is 4. The molecule has 1 aromatic rings. The Morgan fingerprint density at radius 1 is 1.60 bits per heavy atom. The first-order valence-corrected chi connectivity index (χ1v) is 4.60. The Balaban J connectivity index is 2.23. The minimum Gasteiger partial charge on any atom is -0.331 e. The van der Waals surface area contributed by atoms with Gasteiger partial charge < -0.3 is 15.5 Å². The standard InChI is InChI=1S/C7H15N7O/c1-8-3-4-14(2)7(15)9-5-6-10-12-13-11-6/h8H,3-5H2,1-2H3,(H,9,15)(H,10,11,12,13). The van der Waals surface area contributed by atoms with Crippen LogP contribution in [0.1, 0.15) is 5.82 Å². The normalized spacial score (nSPS) is 10.0. The van der Waals surface area contributed by atoms with Gasteiger partial charge >= 0.3 is 6.03 Å². The predicted octanol–water partition coefficient (Wildman–Crippen LogP) is -1.44.